The summed E-state index contributed by atoms with van der Waals surface area (Å²) in [6.45, 7) is 2.50. The maximum absolute atomic E-state index is 5.27. The molecule has 0 saturated heterocycles. The van der Waals surface area contributed by atoms with E-state index in [4.69, 9.17) is 9.97 Å². The summed E-state index contributed by atoms with van der Waals surface area (Å²) in [5.74, 6) is 1.14. The normalized spacial score (nSPS) is 14.9. The van der Waals surface area contributed by atoms with Crippen LogP contribution in [0.1, 0.15) is 19.0 Å². The Morgan fingerprint density at radius 1 is 0.569 bits per heavy atom. The van der Waals surface area contributed by atoms with E-state index in [9.17, 15) is 0 Å². The molecule has 2 aromatic heterocycles. The van der Waals surface area contributed by atoms with E-state index < -0.39 is 0 Å². The number of rotatable bonds is 5. The van der Waals surface area contributed by atoms with Crippen LogP contribution in [0.4, 0.5) is 0 Å². The highest BCUT2D eigenvalue weighted by Crippen LogP contribution is 2.37. The van der Waals surface area contributed by atoms with Gasteiger partial charge in [-0.05, 0) is 70.5 Å². The summed E-state index contributed by atoms with van der Waals surface area (Å²) in [4.78, 5) is 10.5. The summed E-state index contributed by atoms with van der Waals surface area (Å²) >= 11 is 0. The van der Waals surface area contributed by atoms with Gasteiger partial charge in [-0.2, -0.15) is 0 Å². The van der Waals surface area contributed by atoms with Crippen LogP contribution in [-0.2, 0) is 0 Å². The van der Waals surface area contributed by atoms with Gasteiger partial charge in [-0.1, -0.05) is 163 Å². The molecule has 1 aliphatic heterocycles. The molecule has 0 radical (unpaired) electrons. The summed E-state index contributed by atoms with van der Waals surface area (Å²) in [7, 11) is 0. The van der Waals surface area contributed by atoms with Crippen molar-refractivity contribution in [3.05, 3.63) is 176 Å². The maximum Gasteiger partial charge on any atom is 0.242 e. The quantitative estimate of drug-likeness (QED) is 0.174. The molecule has 6 aromatic carbocycles. The van der Waals surface area contributed by atoms with Gasteiger partial charge in [-0.3, -0.25) is 4.57 Å². The average molecular weight is 652 g/mol. The molecule has 10 rings (SSSR count). The van der Waals surface area contributed by atoms with Gasteiger partial charge in [0, 0.05) is 16.3 Å². The Bertz CT molecular complexity index is 2690. The molecule has 0 amide bonds. The van der Waals surface area contributed by atoms with Gasteiger partial charge in [0.15, 0.2) is 0 Å². The van der Waals surface area contributed by atoms with E-state index in [1.54, 1.807) is 0 Å². The largest absolute Gasteiger partial charge is 0.278 e. The van der Waals surface area contributed by atoms with E-state index in [0.717, 1.165) is 40.0 Å². The highest BCUT2D eigenvalue weighted by atomic mass is 15.2. The maximum atomic E-state index is 5.27. The summed E-state index contributed by atoms with van der Waals surface area (Å²) in [6, 6.07) is 54.9. The molecule has 8 aromatic rings. The minimum Gasteiger partial charge on any atom is -0.278 e. The number of benzene rings is 6. The van der Waals surface area contributed by atoms with Crippen LogP contribution in [0, 0.1) is 5.92 Å². The number of para-hydroxylation sites is 1. The summed E-state index contributed by atoms with van der Waals surface area (Å²) in [6.07, 6.45) is 7.84. The lowest BCUT2D eigenvalue weighted by Crippen LogP contribution is -2.48. The molecule has 0 saturated carbocycles. The van der Waals surface area contributed by atoms with Gasteiger partial charge in [0.05, 0.1) is 22.4 Å². The van der Waals surface area contributed by atoms with Crippen LogP contribution < -0.4 is 16.4 Å². The van der Waals surface area contributed by atoms with E-state index >= 15 is 0 Å². The lowest BCUT2D eigenvalue weighted by Gasteiger charge is -2.15. The molecule has 51 heavy (non-hydrogen) atoms. The molecule has 2 aliphatic rings. The Hall–Kier alpha value is -6.26. The van der Waals surface area contributed by atoms with Crippen LogP contribution in [0.25, 0.3) is 66.8 Å². The van der Waals surface area contributed by atoms with Crippen LogP contribution in [0.2, 0.25) is 0 Å². The summed E-state index contributed by atoms with van der Waals surface area (Å²) < 4.78 is 2.24. The first kappa shape index (κ1) is 29.6. The molecule has 0 N–H and O–H groups in total. The second-order valence-electron chi connectivity index (χ2n) is 13.9. The van der Waals surface area contributed by atoms with Gasteiger partial charge in [-0.25, -0.2) is 9.97 Å². The predicted molar refractivity (Wildman–Crippen MR) is 215 cm³/mol. The molecule has 3 heterocycles. The molecule has 3 nitrogen and oxygen atoms in total. The third-order valence-electron chi connectivity index (χ3n) is 10.6. The van der Waals surface area contributed by atoms with E-state index in [2.05, 4.69) is 175 Å². The molecule has 1 aliphatic carbocycles. The Labute approximate surface area is 298 Å². The fourth-order valence-electron chi connectivity index (χ4n) is 8.20. The van der Waals surface area contributed by atoms with Crippen molar-refractivity contribution in [2.45, 2.75) is 13.3 Å². The summed E-state index contributed by atoms with van der Waals surface area (Å²) in [5.41, 5.74) is 15.4. The molecule has 1 unspecified atom stereocenters. The Balaban J connectivity index is 1.14. The van der Waals surface area contributed by atoms with Crippen molar-refractivity contribution in [3.63, 3.8) is 0 Å². The Morgan fingerprint density at radius 3 is 2.12 bits per heavy atom. The first-order chi connectivity index (χ1) is 25.2. The number of hydrogen-bond acceptors (Lipinski definition) is 2. The minimum absolute atomic E-state index is 0.242. The topological polar surface area (TPSA) is 30.7 Å². The molecule has 0 spiro atoms. The van der Waals surface area contributed by atoms with Crippen molar-refractivity contribution in [2.75, 3.05) is 0 Å². The van der Waals surface area contributed by atoms with Crippen LogP contribution in [0.15, 0.2) is 170 Å². The highest BCUT2D eigenvalue weighted by Gasteiger charge is 2.33. The van der Waals surface area contributed by atoms with Gasteiger partial charge in [0.25, 0.3) is 0 Å². The third-order valence-corrected chi connectivity index (χ3v) is 10.6. The SMILES string of the molecule is CC1C=C(c2cc(-c3ccccc3)nc(-n3c4ccccc4c4cc(-c5ccc6c(c5)-c5ccccc5B6c5ccccc5)ccc43)n2)C=CC1. The molecule has 0 bridgehead atoms. The fourth-order valence-corrected chi connectivity index (χ4v) is 8.20. The summed E-state index contributed by atoms with van der Waals surface area (Å²) in [5, 5.41) is 2.37. The zero-order valence-electron chi connectivity index (χ0n) is 28.4. The van der Waals surface area contributed by atoms with Gasteiger partial charge in [0.2, 0.25) is 12.7 Å². The molecule has 1 atom stereocenters. The van der Waals surface area contributed by atoms with E-state index in [0.29, 0.717) is 11.9 Å². The van der Waals surface area contributed by atoms with Gasteiger partial charge in [-0.15, -0.1) is 0 Å². The second-order valence-corrected chi connectivity index (χ2v) is 13.9. The Kier molecular flexibility index (Phi) is 6.95. The van der Waals surface area contributed by atoms with Crippen molar-refractivity contribution in [1.82, 2.24) is 14.5 Å². The zero-order valence-corrected chi connectivity index (χ0v) is 28.4. The first-order valence-electron chi connectivity index (χ1n) is 17.8. The van der Waals surface area contributed by atoms with Gasteiger partial charge in [0.1, 0.15) is 0 Å². The molecular weight excluding hydrogens is 617 g/mol. The number of fused-ring (bicyclic) bond motifs is 6. The van der Waals surface area contributed by atoms with E-state index in [1.807, 2.05) is 6.07 Å². The fraction of sp³-hybridized carbons (Fsp3) is 0.0638. The monoisotopic (exact) mass is 651 g/mol. The van der Waals surface area contributed by atoms with Crippen LogP contribution in [0.3, 0.4) is 0 Å². The van der Waals surface area contributed by atoms with Gasteiger partial charge >= 0.3 is 0 Å². The second kappa shape index (κ2) is 12.0. The minimum atomic E-state index is 0.242. The van der Waals surface area contributed by atoms with Crippen molar-refractivity contribution in [1.29, 1.82) is 0 Å². The standard InChI is InChI=1S/C47H34BN3/c1-31-13-12-16-35(27-31)44-30-43(32-14-4-2-5-15-32)49-47(50-44)51-45-22-11-9-20-38(45)40-29-34(24-26-46(40)51)33-23-25-42-39(28-33)37-19-8-10-21-41(37)48(42)36-17-6-3-7-18-36/h2-12,14-31H,13H2,1H3. The van der Waals surface area contributed by atoms with Crippen LogP contribution >= 0.6 is 0 Å². The number of nitrogens with zero attached hydrogens (tertiary/aromatic N) is 3. The molecule has 4 heteroatoms. The number of aromatic nitrogens is 3. The molecule has 0 fully saturated rings. The first-order valence-corrected chi connectivity index (χ1v) is 17.8. The van der Waals surface area contributed by atoms with E-state index in [1.165, 1.54) is 49.4 Å². The lowest BCUT2D eigenvalue weighted by molar-refractivity contribution is 0.739. The molecule has 240 valence electrons. The number of hydrogen-bond donors (Lipinski definition) is 0. The highest BCUT2D eigenvalue weighted by molar-refractivity contribution is 6.99. The Morgan fingerprint density at radius 2 is 1.25 bits per heavy atom. The average Bonchev–Trinajstić information content (AvgIpc) is 3.71. The van der Waals surface area contributed by atoms with E-state index in [-0.39, 0.29) is 6.71 Å². The zero-order chi connectivity index (χ0) is 33.9. The van der Waals surface area contributed by atoms with Crippen LogP contribution in [-0.4, -0.2) is 21.2 Å². The van der Waals surface area contributed by atoms with Crippen molar-refractivity contribution < 1.29 is 0 Å². The smallest absolute Gasteiger partial charge is 0.242 e. The lowest BCUT2D eigenvalue weighted by atomic mass is 9.39. The number of allylic oxidation sites excluding steroid dienone is 4. The molecular formula is C47H34BN3. The van der Waals surface area contributed by atoms with Crippen molar-refractivity contribution in [2.24, 2.45) is 5.92 Å². The van der Waals surface area contributed by atoms with Crippen molar-refractivity contribution >= 4 is 50.5 Å². The van der Waals surface area contributed by atoms with Crippen molar-refractivity contribution in [3.8, 4) is 39.5 Å². The third kappa shape index (κ3) is 4.98. The predicted octanol–water partition coefficient (Wildman–Crippen LogP) is 9.38. The van der Waals surface area contributed by atoms with Gasteiger partial charge < -0.3 is 0 Å². The van der Waals surface area contributed by atoms with Crippen LogP contribution in [0.5, 0.6) is 0 Å².